The number of rotatable bonds is 5. The molecule has 0 saturated heterocycles. The molecular formula is C12H19ClO4. The third kappa shape index (κ3) is 3.42. The minimum atomic E-state index is -0.630. The molecule has 0 aromatic rings. The van der Waals surface area contributed by atoms with Gasteiger partial charge >= 0.3 is 5.97 Å². The highest BCUT2D eigenvalue weighted by atomic mass is 35.5. The van der Waals surface area contributed by atoms with Gasteiger partial charge in [0.15, 0.2) is 5.78 Å². The maximum Gasteiger partial charge on any atom is 0.316 e. The Hall–Kier alpha value is -0.610. The summed E-state index contributed by atoms with van der Waals surface area (Å²) in [7, 11) is 1.54. The highest BCUT2D eigenvalue weighted by molar-refractivity contribution is 6.18. The summed E-state index contributed by atoms with van der Waals surface area (Å²) >= 11 is 5.76. The predicted molar refractivity (Wildman–Crippen MR) is 64.0 cm³/mol. The Morgan fingerprint density at radius 1 is 1.53 bits per heavy atom. The number of ketones is 1. The Bertz CT molecular complexity index is 276. The first-order valence-electron chi connectivity index (χ1n) is 5.94. The van der Waals surface area contributed by atoms with Gasteiger partial charge in [-0.2, -0.15) is 0 Å². The fourth-order valence-corrected chi connectivity index (χ4v) is 2.61. The number of hydrogen-bond donors (Lipinski definition) is 0. The molecule has 5 heteroatoms. The monoisotopic (exact) mass is 262 g/mol. The molecule has 98 valence electrons. The van der Waals surface area contributed by atoms with Crippen LogP contribution in [0, 0.1) is 11.8 Å². The van der Waals surface area contributed by atoms with Crippen LogP contribution in [-0.4, -0.2) is 37.5 Å². The van der Waals surface area contributed by atoms with E-state index in [1.54, 1.807) is 6.92 Å². The van der Waals surface area contributed by atoms with Crippen LogP contribution in [0.2, 0.25) is 0 Å². The molecule has 0 aromatic carbocycles. The fourth-order valence-electron chi connectivity index (χ4n) is 2.27. The quantitative estimate of drug-likeness (QED) is 0.431. The smallest absolute Gasteiger partial charge is 0.316 e. The summed E-state index contributed by atoms with van der Waals surface area (Å²) in [6.07, 6.45) is 1.84. The third-order valence-corrected chi connectivity index (χ3v) is 3.50. The van der Waals surface area contributed by atoms with Crippen LogP contribution in [0.3, 0.4) is 0 Å². The minimum Gasteiger partial charge on any atom is -0.465 e. The number of halogens is 1. The van der Waals surface area contributed by atoms with E-state index in [9.17, 15) is 9.59 Å². The van der Waals surface area contributed by atoms with Crippen LogP contribution in [0.25, 0.3) is 0 Å². The molecule has 0 aliphatic heterocycles. The summed E-state index contributed by atoms with van der Waals surface area (Å²) in [5.74, 6) is -1.13. The number of Topliss-reactive ketones (excluding diaryl/α,β-unsaturated/α-hetero) is 1. The maximum atomic E-state index is 12.2. The van der Waals surface area contributed by atoms with Gasteiger partial charge in [0, 0.05) is 18.9 Å². The van der Waals surface area contributed by atoms with Crippen molar-refractivity contribution in [3.05, 3.63) is 0 Å². The summed E-state index contributed by atoms with van der Waals surface area (Å²) in [5.41, 5.74) is 0. The van der Waals surface area contributed by atoms with E-state index >= 15 is 0 Å². The molecule has 1 aliphatic rings. The maximum absolute atomic E-state index is 12.2. The Kier molecular flexibility index (Phi) is 5.92. The van der Waals surface area contributed by atoms with Crippen LogP contribution in [0.15, 0.2) is 0 Å². The van der Waals surface area contributed by atoms with Gasteiger partial charge in [0.25, 0.3) is 0 Å². The number of esters is 1. The van der Waals surface area contributed by atoms with Gasteiger partial charge < -0.3 is 9.47 Å². The molecule has 1 rings (SSSR count). The van der Waals surface area contributed by atoms with Crippen molar-refractivity contribution in [2.45, 2.75) is 32.3 Å². The lowest BCUT2D eigenvalue weighted by Crippen LogP contribution is -2.41. The van der Waals surface area contributed by atoms with Gasteiger partial charge in [0.2, 0.25) is 0 Å². The molecule has 3 atom stereocenters. The number of ether oxygens (including phenoxy) is 2. The number of carbonyl (C=O) groups excluding carboxylic acids is 2. The molecule has 1 saturated carbocycles. The van der Waals surface area contributed by atoms with Crippen molar-refractivity contribution in [1.82, 2.24) is 0 Å². The summed E-state index contributed by atoms with van der Waals surface area (Å²) in [5, 5.41) is 0. The van der Waals surface area contributed by atoms with Crippen LogP contribution in [0.5, 0.6) is 0 Å². The summed E-state index contributed by atoms with van der Waals surface area (Å²) in [6, 6.07) is 0. The van der Waals surface area contributed by atoms with Crippen LogP contribution in [0.4, 0.5) is 0 Å². The van der Waals surface area contributed by atoms with Crippen LogP contribution in [0.1, 0.15) is 26.2 Å². The standard InChI is InChI=1S/C12H19ClO4/c1-3-17-12(15)9-6-4-5-8(11(9)14)10(7-13)16-2/h8-10H,3-7H2,1-2H3/t8-,9?,10-/m1/s1. The van der Waals surface area contributed by atoms with E-state index in [0.717, 1.165) is 12.8 Å². The van der Waals surface area contributed by atoms with Gasteiger partial charge in [0.05, 0.1) is 12.7 Å². The summed E-state index contributed by atoms with van der Waals surface area (Å²) in [6.45, 7) is 2.04. The second-order valence-electron chi connectivity index (χ2n) is 4.17. The van der Waals surface area contributed by atoms with E-state index in [4.69, 9.17) is 21.1 Å². The molecule has 0 bridgehead atoms. The SMILES string of the molecule is CCOC(=O)C1CCC[C@H]([C@@H](CCl)OC)C1=O. The van der Waals surface area contributed by atoms with Gasteiger partial charge in [0.1, 0.15) is 5.92 Å². The largest absolute Gasteiger partial charge is 0.465 e. The van der Waals surface area contributed by atoms with Gasteiger partial charge in [-0.15, -0.1) is 11.6 Å². The second kappa shape index (κ2) is 6.97. The van der Waals surface area contributed by atoms with Gasteiger partial charge in [-0.05, 0) is 19.8 Å². The van der Waals surface area contributed by atoms with E-state index in [1.165, 1.54) is 7.11 Å². The molecule has 1 unspecified atom stereocenters. The Morgan fingerprint density at radius 2 is 2.24 bits per heavy atom. The minimum absolute atomic E-state index is 0.0813. The van der Waals surface area contributed by atoms with Gasteiger partial charge in [-0.3, -0.25) is 9.59 Å². The topological polar surface area (TPSA) is 52.6 Å². The van der Waals surface area contributed by atoms with E-state index in [1.807, 2.05) is 0 Å². The van der Waals surface area contributed by atoms with Crippen molar-refractivity contribution >= 4 is 23.4 Å². The first-order valence-corrected chi connectivity index (χ1v) is 6.48. The van der Waals surface area contributed by atoms with Crippen LogP contribution < -0.4 is 0 Å². The highest BCUT2D eigenvalue weighted by Crippen LogP contribution is 2.30. The first kappa shape index (κ1) is 14.5. The van der Waals surface area contributed by atoms with Crippen molar-refractivity contribution in [3.63, 3.8) is 0 Å². The van der Waals surface area contributed by atoms with Crippen LogP contribution in [-0.2, 0) is 19.1 Å². The summed E-state index contributed by atoms with van der Waals surface area (Å²) in [4.78, 5) is 23.8. The number of hydrogen-bond acceptors (Lipinski definition) is 4. The lowest BCUT2D eigenvalue weighted by Gasteiger charge is -2.30. The van der Waals surface area contributed by atoms with E-state index in [0.29, 0.717) is 13.0 Å². The van der Waals surface area contributed by atoms with E-state index < -0.39 is 11.9 Å². The summed E-state index contributed by atoms with van der Waals surface area (Å²) < 4.78 is 10.1. The first-order chi connectivity index (χ1) is 8.15. The molecule has 0 aromatic heterocycles. The van der Waals surface area contributed by atoms with Crippen molar-refractivity contribution in [2.75, 3.05) is 19.6 Å². The number of alkyl halides is 1. The zero-order valence-electron chi connectivity index (χ0n) is 10.3. The molecule has 1 aliphatic carbocycles. The fraction of sp³-hybridized carbons (Fsp3) is 0.833. The van der Waals surface area contributed by atoms with Crippen molar-refractivity contribution < 1.29 is 19.1 Å². The van der Waals surface area contributed by atoms with Crippen molar-refractivity contribution in [3.8, 4) is 0 Å². The van der Waals surface area contributed by atoms with Crippen molar-refractivity contribution in [2.24, 2.45) is 11.8 Å². The molecule has 0 heterocycles. The molecule has 0 amide bonds. The molecule has 0 N–H and O–H groups in total. The lowest BCUT2D eigenvalue weighted by atomic mass is 9.77. The third-order valence-electron chi connectivity index (χ3n) is 3.19. The average molecular weight is 263 g/mol. The Morgan fingerprint density at radius 3 is 2.76 bits per heavy atom. The Balaban J connectivity index is 2.71. The molecule has 1 fully saturated rings. The second-order valence-corrected chi connectivity index (χ2v) is 4.48. The van der Waals surface area contributed by atoms with E-state index in [2.05, 4.69) is 0 Å². The average Bonchev–Trinajstić information content (AvgIpc) is 2.33. The molecule has 0 spiro atoms. The van der Waals surface area contributed by atoms with Crippen molar-refractivity contribution in [1.29, 1.82) is 0 Å². The zero-order chi connectivity index (χ0) is 12.8. The van der Waals surface area contributed by atoms with Crippen LogP contribution >= 0.6 is 11.6 Å². The highest BCUT2D eigenvalue weighted by Gasteiger charge is 2.40. The predicted octanol–water partition coefficient (Wildman–Crippen LogP) is 1.79. The lowest BCUT2D eigenvalue weighted by molar-refractivity contribution is -0.155. The van der Waals surface area contributed by atoms with Gasteiger partial charge in [-0.1, -0.05) is 6.42 Å². The van der Waals surface area contributed by atoms with Gasteiger partial charge in [-0.25, -0.2) is 0 Å². The molecule has 0 radical (unpaired) electrons. The molecular weight excluding hydrogens is 244 g/mol. The molecule has 17 heavy (non-hydrogen) atoms. The number of methoxy groups -OCH3 is 1. The normalized spacial score (nSPS) is 26.6. The number of carbonyl (C=O) groups is 2. The van der Waals surface area contributed by atoms with E-state index in [-0.39, 0.29) is 23.7 Å². The zero-order valence-corrected chi connectivity index (χ0v) is 11.0. The molecule has 4 nitrogen and oxygen atoms in total. The Labute approximate surface area is 107 Å².